The van der Waals surface area contributed by atoms with Crippen LogP contribution in [0.5, 0.6) is 5.75 Å². The lowest BCUT2D eigenvalue weighted by molar-refractivity contribution is 0.0947. The third-order valence-electron chi connectivity index (χ3n) is 3.54. The number of carbonyl (C=O) groups excluding carboxylic acids is 1. The number of nitrogens with one attached hydrogen (secondary N) is 2. The molecule has 0 aliphatic rings. The number of rotatable bonds is 4. The molecule has 3 aromatic rings. The Balaban J connectivity index is 1.76. The van der Waals surface area contributed by atoms with Gasteiger partial charge in [0.2, 0.25) is 0 Å². The highest BCUT2D eigenvalue weighted by molar-refractivity contribution is 9.10. The number of H-pyrrole nitrogens is 1. The van der Waals surface area contributed by atoms with Gasteiger partial charge in [0, 0.05) is 21.9 Å². The van der Waals surface area contributed by atoms with Crippen LogP contribution in [-0.2, 0) is 6.54 Å². The summed E-state index contributed by atoms with van der Waals surface area (Å²) in [4.78, 5) is 15.4. The molecule has 2 N–H and O–H groups in total. The minimum absolute atomic E-state index is 0.238. The molecule has 0 spiro atoms. The molecule has 0 aliphatic heterocycles. The van der Waals surface area contributed by atoms with Crippen LogP contribution in [0.2, 0.25) is 5.02 Å². The fraction of sp³-hybridized carbons (Fsp3) is 0.118. The van der Waals surface area contributed by atoms with Crippen LogP contribution in [0.1, 0.15) is 16.1 Å². The van der Waals surface area contributed by atoms with Crippen molar-refractivity contribution in [3.05, 3.63) is 63.2 Å². The Bertz CT molecular complexity index is 859. The highest BCUT2D eigenvalue weighted by Crippen LogP contribution is 2.29. The van der Waals surface area contributed by atoms with E-state index in [1.165, 1.54) is 0 Å². The lowest BCUT2D eigenvalue weighted by Gasteiger charge is -2.05. The highest BCUT2D eigenvalue weighted by atomic mass is 79.9. The lowest BCUT2D eigenvalue weighted by atomic mass is 10.2. The van der Waals surface area contributed by atoms with Gasteiger partial charge in [0.15, 0.2) is 0 Å². The smallest absolute Gasteiger partial charge is 0.269 e. The summed E-state index contributed by atoms with van der Waals surface area (Å²) in [6.07, 6.45) is 0. The van der Waals surface area contributed by atoms with Gasteiger partial charge in [0.1, 0.15) is 11.4 Å². The second kappa shape index (κ2) is 6.64. The maximum absolute atomic E-state index is 12.4. The van der Waals surface area contributed by atoms with Crippen LogP contribution in [0.15, 0.2) is 46.9 Å². The Kier molecular flexibility index (Phi) is 4.59. The molecule has 4 nitrogen and oxygen atoms in total. The van der Waals surface area contributed by atoms with Crippen LogP contribution >= 0.6 is 27.5 Å². The fourth-order valence-corrected chi connectivity index (χ4v) is 2.95. The van der Waals surface area contributed by atoms with Gasteiger partial charge in [-0.05, 0) is 35.9 Å². The first kappa shape index (κ1) is 15.9. The molecule has 0 saturated carbocycles. The van der Waals surface area contributed by atoms with Crippen molar-refractivity contribution in [2.45, 2.75) is 6.54 Å². The monoisotopic (exact) mass is 392 g/mol. The average molecular weight is 394 g/mol. The predicted octanol–water partition coefficient (Wildman–Crippen LogP) is 4.52. The standard InChI is InChI=1S/C17H14BrClN2O2/c1-23-12-5-2-10(3-6-12)9-20-17(22)16-15(19)13-8-11(18)4-7-14(13)21-16/h2-8,21H,9H2,1H3,(H,20,22). The molecule has 2 aromatic carbocycles. The zero-order valence-corrected chi connectivity index (χ0v) is 14.7. The van der Waals surface area contributed by atoms with Gasteiger partial charge in [0.05, 0.1) is 12.1 Å². The van der Waals surface area contributed by atoms with Crippen LogP contribution in [-0.4, -0.2) is 18.0 Å². The van der Waals surface area contributed by atoms with Crippen molar-refractivity contribution in [2.75, 3.05) is 7.11 Å². The van der Waals surface area contributed by atoms with E-state index in [0.717, 1.165) is 26.7 Å². The zero-order chi connectivity index (χ0) is 16.4. The summed E-state index contributed by atoms with van der Waals surface area (Å²) in [5.41, 5.74) is 2.18. The number of carbonyl (C=O) groups is 1. The van der Waals surface area contributed by atoms with E-state index < -0.39 is 0 Å². The summed E-state index contributed by atoms with van der Waals surface area (Å²) in [5, 5.41) is 4.10. The molecule has 1 amide bonds. The molecule has 23 heavy (non-hydrogen) atoms. The Morgan fingerprint density at radius 1 is 1.26 bits per heavy atom. The van der Waals surface area contributed by atoms with Crippen LogP contribution in [0.3, 0.4) is 0 Å². The van der Waals surface area contributed by atoms with Gasteiger partial charge in [-0.25, -0.2) is 0 Å². The van der Waals surface area contributed by atoms with Crippen molar-refractivity contribution < 1.29 is 9.53 Å². The van der Waals surface area contributed by atoms with E-state index in [-0.39, 0.29) is 5.91 Å². The third-order valence-corrected chi connectivity index (χ3v) is 4.42. The number of aromatic nitrogens is 1. The summed E-state index contributed by atoms with van der Waals surface area (Å²) >= 11 is 9.72. The molecule has 1 aromatic heterocycles. The highest BCUT2D eigenvalue weighted by Gasteiger charge is 2.16. The summed E-state index contributed by atoms with van der Waals surface area (Å²) in [5.74, 6) is 0.544. The van der Waals surface area contributed by atoms with E-state index in [1.807, 2.05) is 42.5 Å². The maximum atomic E-state index is 12.4. The molecule has 0 aliphatic carbocycles. The van der Waals surface area contributed by atoms with Crippen LogP contribution in [0, 0.1) is 0 Å². The zero-order valence-electron chi connectivity index (χ0n) is 12.3. The molecule has 1 heterocycles. The summed E-state index contributed by atoms with van der Waals surface area (Å²) < 4.78 is 6.02. The van der Waals surface area contributed by atoms with Crippen molar-refractivity contribution in [3.8, 4) is 5.75 Å². The molecular formula is C17H14BrClN2O2. The van der Waals surface area contributed by atoms with Crippen molar-refractivity contribution in [3.63, 3.8) is 0 Å². The fourth-order valence-electron chi connectivity index (χ4n) is 2.30. The van der Waals surface area contributed by atoms with Gasteiger partial charge in [-0.3, -0.25) is 4.79 Å². The molecule has 0 unspecified atom stereocenters. The second-order valence-electron chi connectivity index (χ2n) is 5.03. The van der Waals surface area contributed by atoms with Gasteiger partial charge in [-0.2, -0.15) is 0 Å². The number of hydrogen-bond donors (Lipinski definition) is 2. The quantitative estimate of drug-likeness (QED) is 0.684. The molecule has 0 saturated heterocycles. The number of amides is 1. The molecule has 0 bridgehead atoms. The minimum atomic E-state index is -0.238. The van der Waals surface area contributed by atoms with E-state index in [0.29, 0.717) is 17.3 Å². The van der Waals surface area contributed by atoms with E-state index in [1.54, 1.807) is 7.11 Å². The van der Waals surface area contributed by atoms with Gasteiger partial charge >= 0.3 is 0 Å². The SMILES string of the molecule is COc1ccc(CNC(=O)c2[nH]c3ccc(Br)cc3c2Cl)cc1. The normalized spacial score (nSPS) is 10.7. The number of methoxy groups -OCH3 is 1. The van der Waals surface area contributed by atoms with Crippen molar-refractivity contribution in [1.82, 2.24) is 10.3 Å². The average Bonchev–Trinajstić information content (AvgIpc) is 2.90. The van der Waals surface area contributed by atoms with Crippen LogP contribution in [0.25, 0.3) is 10.9 Å². The van der Waals surface area contributed by atoms with E-state index >= 15 is 0 Å². The molecule has 3 rings (SSSR count). The minimum Gasteiger partial charge on any atom is -0.497 e. The number of fused-ring (bicyclic) bond motifs is 1. The maximum Gasteiger partial charge on any atom is 0.269 e. The van der Waals surface area contributed by atoms with Gasteiger partial charge < -0.3 is 15.0 Å². The van der Waals surface area contributed by atoms with Crippen molar-refractivity contribution in [2.24, 2.45) is 0 Å². The van der Waals surface area contributed by atoms with Crippen LogP contribution < -0.4 is 10.1 Å². The van der Waals surface area contributed by atoms with Gasteiger partial charge in [-0.1, -0.05) is 39.7 Å². The van der Waals surface area contributed by atoms with E-state index in [4.69, 9.17) is 16.3 Å². The number of ether oxygens (including phenoxy) is 1. The first-order valence-electron chi connectivity index (χ1n) is 6.96. The third kappa shape index (κ3) is 3.35. The largest absolute Gasteiger partial charge is 0.497 e. The molecule has 6 heteroatoms. The van der Waals surface area contributed by atoms with E-state index in [9.17, 15) is 4.79 Å². The Morgan fingerprint density at radius 2 is 2.00 bits per heavy atom. The number of aromatic amines is 1. The molecular weight excluding hydrogens is 380 g/mol. The Morgan fingerprint density at radius 3 is 2.70 bits per heavy atom. The molecule has 118 valence electrons. The lowest BCUT2D eigenvalue weighted by Crippen LogP contribution is -2.23. The van der Waals surface area contributed by atoms with E-state index in [2.05, 4.69) is 26.2 Å². The molecule has 0 radical (unpaired) electrons. The van der Waals surface area contributed by atoms with Gasteiger partial charge in [-0.15, -0.1) is 0 Å². The Hall–Kier alpha value is -1.98. The predicted molar refractivity (Wildman–Crippen MR) is 95.2 cm³/mol. The summed E-state index contributed by atoms with van der Waals surface area (Å²) in [6.45, 7) is 0.415. The summed E-state index contributed by atoms with van der Waals surface area (Å²) in [6, 6.07) is 13.2. The first-order valence-corrected chi connectivity index (χ1v) is 8.13. The number of halogens is 2. The topological polar surface area (TPSA) is 54.1 Å². The number of benzene rings is 2. The number of hydrogen-bond acceptors (Lipinski definition) is 2. The van der Waals surface area contributed by atoms with Crippen molar-refractivity contribution in [1.29, 1.82) is 0 Å². The van der Waals surface area contributed by atoms with Crippen LogP contribution in [0.4, 0.5) is 0 Å². The Labute approximate surface area is 146 Å². The molecule has 0 fully saturated rings. The first-order chi connectivity index (χ1) is 11.1. The van der Waals surface area contributed by atoms with Gasteiger partial charge in [0.25, 0.3) is 5.91 Å². The molecule has 0 atom stereocenters. The second-order valence-corrected chi connectivity index (χ2v) is 6.33. The van der Waals surface area contributed by atoms with Crippen molar-refractivity contribution >= 4 is 44.3 Å². The summed E-state index contributed by atoms with van der Waals surface area (Å²) in [7, 11) is 1.62.